The van der Waals surface area contributed by atoms with Gasteiger partial charge in [0.25, 0.3) is 0 Å². The van der Waals surface area contributed by atoms with Crippen LogP contribution in [0.25, 0.3) is 164 Å². The summed E-state index contributed by atoms with van der Waals surface area (Å²) in [5.41, 5.74) is 21.7. The molecule has 8 aromatic heterocycles. The number of hydrogen-bond acceptors (Lipinski definition) is 4. The van der Waals surface area contributed by atoms with E-state index in [4.69, 9.17) is 19.9 Å². The van der Waals surface area contributed by atoms with Crippen LogP contribution in [0, 0.1) is 0 Å². The topological polar surface area (TPSA) is 69.7 Å². The molecule has 90 heavy (non-hydrogen) atoms. The Kier molecular flexibility index (Phi) is 9.64. The second kappa shape index (κ2) is 17.9. The average molecular weight is 1150 g/mol. The number of benzene rings is 12. The first-order valence-corrected chi connectivity index (χ1v) is 31.3. The molecule has 1 aliphatic heterocycles. The molecular formula is C82H50N8. The van der Waals surface area contributed by atoms with Gasteiger partial charge in [-0.15, -0.1) is 0 Å². The van der Waals surface area contributed by atoms with Crippen molar-refractivity contribution in [2.45, 2.75) is 25.2 Å². The van der Waals surface area contributed by atoms with Gasteiger partial charge in [-0.3, -0.25) is 9.56 Å². The summed E-state index contributed by atoms with van der Waals surface area (Å²) < 4.78 is 9.88. The van der Waals surface area contributed by atoms with Crippen LogP contribution < -0.4 is 0 Å². The Morgan fingerprint density at radius 3 is 1.78 bits per heavy atom. The fourth-order valence-corrected chi connectivity index (χ4v) is 16.5. The molecule has 0 fully saturated rings. The molecule has 21 rings (SSSR count). The number of aliphatic imine (C=N–C) groups is 1. The van der Waals surface area contributed by atoms with Gasteiger partial charge in [-0.2, -0.15) is 4.98 Å². The zero-order valence-electron chi connectivity index (χ0n) is 48.6. The van der Waals surface area contributed by atoms with E-state index >= 15 is 0 Å². The summed E-state index contributed by atoms with van der Waals surface area (Å²) in [6.45, 7) is 0. The molecule has 1 atom stereocenters. The maximum absolute atomic E-state index is 5.53. The quantitative estimate of drug-likeness (QED) is 0.172. The van der Waals surface area contributed by atoms with Gasteiger partial charge < -0.3 is 13.4 Å². The van der Waals surface area contributed by atoms with E-state index in [0.717, 1.165) is 74.8 Å². The summed E-state index contributed by atoms with van der Waals surface area (Å²) in [5, 5.41) is 18.0. The van der Waals surface area contributed by atoms with Crippen molar-refractivity contribution in [3.05, 3.63) is 278 Å². The minimum absolute atomic E-state index is 0.277. The number of para-hydroxylation sites is 7. The van der Waals surface area contributed by atoms with Crippen molar-refractivity contribution in [2.75, 3.05) is 0 Å². The molecule has 0 radical (unpaired) electrons. The van der Waals surface area contributed by atoms with Crippen LogP contribution in [0.3, 0.4) is 0 Å². The number of fused-ring (bicyclic) bond motifs is 23. The van der Waals surface area contributed by atoms with E-state index in [1.165, 1.54) is 125 Å². The lowest BCUT2D eigenvalue weighted by Gasteiger charge is -2.23. The molecular weight excluding hydrogens is 1100 g/mol. The maximum atomic E-state index is 5.53. The van der Waals surface area contributed by atoms with Gasteiger partial charge >= 0.3 is 0 Å². The summed E-state index contributed by atoms with van der Waals surface area (Å²) >= 11 is 0. The minimum atomic E-state index is 0.277. The highest BCUT2D eigenvalue weighted by molar-refractivity contribution is 6.39. The largest absolute Gasteiger partial charge is 0.309 e. The van der Waals surface area contributed by atoms with Crippen molar-refractivity contribution in [1.29, 1.82) is 0 Å². The summed E-state index contributed by atoms with van der Waals surface area (Å²) in [5.74, 6) is 0.857. The summed E-state index contributed by atoms with van der Waals surface area (Å²) in [4.78, 5) is 20.9. The fourth-order valence-electron chi connectivity index (χ4n) is 16.5. The van der Waals surface area contributed by atoms with Gasteiger partial charge in [-0.25, -0.2) is 9.97 Å². The molecule has 0 spiro atoms. The number of pyridine rings is 1. The Labute approximate surface area is 513 Å². The van der Waals surface area contributed by atoms with Crippen LogP contribution in [0.4, 0.5) is 5.69 Å². The van der Waals surface area contributed by atoms with Crippen molar-refractivity contribution in [3.63, 3.8) is 0 Å². The molecule has 0 amide bonds. The lowest BCUT2D eigenvalue weighted by atomic mass is 9.83. The minimum Gasteiger partial charge on any atom is -0.309 e. The molecule has 8 heteroatoms. The Hall–Kier alpha value is -11.7. The van der Waals surface area contributed by atoms with Crippen LogP contribution in [-0.2, 0) is 0 Å². The van der Waals surface area contributed by atoms with Crippen molar-refractivity contribution < 1.29 is 0 Å². The molecule has 1 unspecified atom stereocenters. The summed E-state index contributed by atoms with van der Waals surface area (Å²) in [6.07, 6.45) is 6.73. The Morgan fingerprint density at radius 2 is 0.978 bits per heavy atom. The Morgan fingerprint density at radius 1 is 0.378 bits per heavy atom. The molecule has 418 valence electrons. The van der Waals surface area contributed by atoms with Crippen LogP contribution >= 0.6 is 0 Å². The van der Waals surface area contributed by atoms with Crippen molar-refractivity contribution in [2.24, 2.45) is 4.99 Å². The van der Waals surface area contributed by atoms with Gasteiger partial charge in [0.1, 0.15) is 0 Å². The molecule has 8 nitrogen and oxygen atoms in total. The molecule has 12 aromatic carbocycles. The van der Waals surface area contributed by atoms with Crippen LogP contribution in [0.15, 0.2) is 266 Å². The summed E-state index contributed by atoms with van der Waals surface area (Å²) in [6, 6.07) is 92.1. The van der Waals surface area contributed by atoms with E-state index in [1.807, 2.05) is 24.5 Å². The first-order chi connectivity index (χ1) is 44.7. The number of aromatic nitrogens is 7. The summed E-state index contributed by atoms with van der Waals surface area (Å²) in [7, 11) is 0. The van der Waals surface area contributed by atoms with Gasteiger partial charge in [-0.1, -0.05) is 182 Å². The van der Waals surface area contributed by atoms with E-state index in [1.54, 1.807) is 0 Å². The van der Waals surface area contributed by atoms with Crippen LogP contribution in [0.5, 0.6) is 0 Å². The first kappa shape index (κ1) is 48.4. The van der Waals surface area contributed by atoms with E-state index in [-0.39, 0.29) is 5.92 Å². The molecule has 0 N–H and O–H groups in total. The monoisotopic (exact) mass is 1150 g/mol. The molecule has 0 aliphatic carbocycles. The van der Waals surface area contributed by atoms with Crippen molar-refractivity contribution >= 4 is 153 Å². The molecule has 20 aromatic rings. The number of hydrogen-bond donors (Lipinski definition) is 0. The highest BCUT2D eigenvalue weighted by atomic mass is 15.2. The van der Waals surface area contributed by atoms with E-state index < -0.39 is 0 Å². The van der Waals surface area contributed by atoms with Crippen molar-refractivity contribution in [3.8, 4) is 22.8 Å². The third-order valence-corrected chi connectivity index (χ3v) is 20.2. The fraction of sp³-hybridized carbons (Fsp3) is 0.0488. The zero-order chi connectivity index (χ0) is 58.4. The molecule has 0 bridgehead atoms. The predicted molar refractivity (Wildman–Crippen MR) is 373 cm³/mol. The van der Waals surface area contributed by atoms with Gasteiger partial charge in [0, 0.05) is 111 Å². The predicted octanol–water partition coefficient (Wildman–Crippen LogP) is 20.8. The Balaban J connectivity index is 0.791. The lowest BCUT2D eigenvalue weighted by molar-refractivity contribution is 0.674. The van der Waals surface area contributed by atoms with Crippen molar-refractivity contribution in [1.82, 2.24) is 32.9 Å². The molecule has 9 heterocycles. The van der Waals surface area contributed by atoms with Gasteiger partial charge in [0.05, 0.1) is 60.9 Å². The van der Waals surface area contributed by atoms with Gasteiger partial charge in [-0.05, 0) is 113 Å². The average Bonchev–Trinajstić information content (AvgIpc) is 1.52. The molecule has 0 saturated heterocycles. The highest BCUT2D eigenvalue weighted by Gasteiger charge is 2.30. The maximum Gasteiger partial charge on any atom is 0.236 e. The first-order valence-electron chi connectivity index (χ1n) is 31.3. The number of rotatable bonds is 5. The Bertz CT molecular complexity index is 6510. The third kappa shape index (κ3) is 6.43. The second-order valence-electron chi connectivity index (χ2n) is 24.7. The second-order valence-corrected chi connectivity index (χ2v) is 24.7. The van der Waals surface area contributed by atoms with E-state index in [9.17, 15) is 0 Å². The van der Waals surface area contributed by atoms with Gasteiger partial charge in [0.15, 0.2) is 5.65 Å². The molecule has 0 saturated carbocycles. The van der Waals surface area contributed by atoms with Crippen LogP contribution in [-0.4, -0.2) is 38.6 Å². The van der Waals surface area contributed by atoms with E-state index in [0.29, 0.717) is 11.6 Å². The lowest BCUT2D eigenvalue weighted by Crippen LogP contribution is -2.09. The van der Waals surface area contributed by atoms with Crippen LogP contribution in [0.1, 0.15) is 41.9 Å². The highest BCUT2D eigenvalue weighted by Crippen LogP contribution is 2.52. The zero-order valence-corrected chi connectivity index (χ0v) is 48.6. The standard InChI is InChI=1S/C82H50N8/c1-2-18-49-43-50(37-36-47(49)17-1)53-25-15-31-65(85-66-30-8-3-20-54(53)66)48-38-40-52(41-39-48)87-68-33-10-5-22-59(68)73-71(87)45-64-58-28-13-26-56(77(58)89-70-35-12-7-24-61(70)75(73)80(64)89)57-27-14-29-62-74-72(90(78(57)62)82-84-46-51-19-16-42-83-81(51)86-82)44-63-55-21-4-9-32-67(55)88-69-34-11-6-23-60(69)76(74)79(63)88/h1-14,16-24,26-30,32-46,53H,15,25,31H2/b85-65+. The number of nitrogens with zero attached hydrogens (tertiary/aromatic N) is 8. The van der Waals surface area contributed by atoms with Crippen LogP contribution in [0.2, 0.25) is 0 Å². The SMILES string of the molecule is c1ccc2c(c1)/N=C(/c1ccc(-n3c4ccccc4c4c5c6ccccc6n6c7c(-c8cccc9c%10c%11c%12ccccc%12n%12c%13ccccc%13c(cc%10n(-c%10ncc%13cccnc%13n%10)c89)c%11%12)cccc7c(cc43)c56)cc1)CCCC2c1ccc2ccccc2c1. The normalized spacial score (nSPS) is 14.8. The molecule has 1 aliphatic rings. The smallest absolute Gasteiger partial charge is 0.236 e. The van der Waals surface area contributed by atoms with E-state index in [2.05, 4.69) is 255 Å². The third-order valence-electron chi connectivity index (χ3n) is 20.2. The van der Waals surface area contributed by atoms with Gasteiger partial charge in [0.2, 0.25) is 5.95 Å².